The van der Waals surface area contributed by atoms with E-state index in [1.165, 1.54) is 22.3 Å². The molecular formula is C15H16O2. The van der Waals surface area contributed by atoms with Gasteiger partial charge < -0.3 is 9.47 Å². The van der Waals surface area contributed by atoms with Crippen molar-refractivity contribution in [1.82, 2.24) is 0 Å². The van der Waals surface area contributed by atoms with Crippen LogP contribution < -0.4 is 4.74 Å². The van der Waals surface area contributed by atoms with Gasteiger partial charge >= 0.3 is 0 Å². The second-order valence-corrected chi connectivity index (χ2v) is 4.60. The van der Waals surface area contributed by atoms with E-state index in [1.807, 2.05) is 6.07 Å². The van der Waals surface area contributed by atoms with Crippen LogP contribution in [0.15, 0.2) is 35.9 Å². The second-order valence-electron chi connectivity index (χ2n) is 4.60. The first kappa shape index (κ1) is 10.6. The summed E-state index contributed by atoms with van der Waals surface area (Å²) in [5.74, 6) is 0.936. The molecule has 0 radical (unpaired) electrons. The molecule has 0 amide bonds. The van der Waals surface area contributed by atoms with Gasteiger partial charge in [0, 0.05) is 0 Å². The minimum Gasteiger partial charge on any atom is -0.497 e. The topological polar surface area (TPSA) is 18.5 Å². The highest BCUT2D eigenvalue weighted by molar-refractivity contribution is 5.85. The molecule has 0 unspecified atom stereocenters. The van der Waals surface area contributed by atoms with Gasteiger partial charge in [-0.3, -0.25) is 0 Å². The number of fused-ring (bicyclic) bond motifs is 2. The molecule has 2 nitrogen and oxygen atoms in total. The minimum atomic E-state index is 0.657. The molecular weight excluding hydrogens is 212 g/mol. The summed E-state index contributed by atoms with van der Waals surface area (Å²) in [7, 11) is 1.71. The zero-order chi connectivity index (χ0) is 11.8. The average molecular weight is 228 g/mol. The Bertz CT molecular complexity index is 512. The van der Waals surface area contributed by atoms with E-state index in [0.29, 0.717) is 6.61 Å². The molecule has 0 fully saturated rings. The van der Waals surface area contributed by atoms with Crippen molar-refractivity contribution in [2.24, 2.45) is 0 Å². The Hall–Kier alpha value is -1.54. The fraction of sp³-hybridized carbons (Fsp3) is 0.333. The first-order valence-electron chi connectivity index (χ1n) is 5.95. The largest absolute Gasteiger partial charge is 0.497 e. The Morgan fingerprint density at radius 3 is 2.94 bits per heavy atom. The lowest BCUT2D eigenvalue weighted by atomic mass is 9.82. The van der Waals surface area contributed by atoms with Crippen molar-refractivity contribution in [3.05, 3.63) is 47.1 Å². The monoisotopic (exact) mass is 228 g/mol. The van der Waals surface area contributed by atoms with Crippen LogP contribution in [0.25, 0.3) is 5.57 Å². The van der Waals surface area contributed by atoms with Crippen LogP contribution >= 0.6 is 0 Å². The van der Waals surface area contributed by atoms with Gasteiger partial charge in [0.15, 0.2) is 0 Å². The van der Waals surface area contributed by atoms with Crippen LogP contribution in [0.1, 0.15) is 17.5 Å². The van der Waals surface area contributed by atoms with Crippen LogP contribution in [-0.4, -0.2) is 20.3 Å². The molecule has 0 N–H and O–H groups in total. The zero-order valence-electron chi connectivity index (χ0n) is 10.1. The Morgan fingerprint density at radius 2 is 2.12 bits per heavy atom. The van der Waals surface area contributed by atoms with Crippen molar-refractivity contribution in [3.8, 4) is 5.75 Å². The third kappa shape index (κ3) is 1.69. The average Bonchev–Trinajstić information content (AvgIpc) is 2.38. The molecule has 88 valence electrons. The molecule has 0 spiro atoms. The highest BCUT2D eigenvalue weighted by Gasteiger charge is 2.24. The van der Waals surface area contributed by atoms with E-state index < -0.39 is 0 Å². The van der Waals surface area contributed by atoms with E-state index in [9.17, 15) is 0 Å². The van der Waals surface area contributed by atoms with Crippen molar-refractivity contribution in [3.63, 3.8) is 0 Å². The van der Waals surface area contributed by atoms with Crippen LogP contribution in [0, 0.1) is 0 Å². The van der Waals surface area contributed by atoms with Crippen molar-refractivity contribution in [2.45, 2.75) is 12.8 Å². The zero-order valence-corrected chi connectivity index (χ0v) is 10.1. The van der Waals surface area contributed by atoms with E-state index in [4.69, 9.17) is 9.47 Å². The summed E-state index contributed by atoms with van der Waals surface area (Å²) >= 11 is 0. The summed E-state index contributed by atoms with van der Waals surface area (Å²) < 4.78 is 10.8. The second kappa shape index (κ2) is 4.04. The maximum Gasteiger partial charge on any atom is 0.119 e. The number of hydrogen-bond donors (Lipinski definition) is 0. The molecule has 1 aromatic rings. The van der Waals surface area contributed by atoms with Gasteiger partial charge in [0.2, 0.25) is 0 Å². The van der Waals surface area contributed by atoms with Gasteiger partial charge in [-0.2, -0.15) is 0 Å². The SMILES string of the molecule is C=C1COCC2=C1c1ccc(OC)cc1CC2. The predicted octanol–water partition coefficient (Wildman–Crippen LogP) is 2.98. The third-order valence-corrected chi connectivity index (χ3v) is 3.54. The smallest absolute Gasteiger partial charge is 0.119 e. The molecule has 2 heteroatoms. The van der Waals surface area contributed by atoms with E-state index in [2.05, 4.69) is 18.7 Å². The van der Waals surface area contributed by atoms with Gasteiger partial charge in [-0.05, 0) is 52.8 Å². The van der Waals surface area contributed by atoms with Crippen LogP contribution in [0.3, 0.4) is 0 Å². The van der Waals surface area contributed by atoms with Crippen LogP contribution in [-0.2, 0) is 11.2 Å². The van der Waals surface area contributed by atoms with Gasteiger partial charge in [0.25, 0.3) is 0 Å². The van der Waals surface area contributed by atoms with E-state index >= 15 is 0 Å². The van der Waals surface area contributed by atoms with Crippen LogP contribution in [0.4, 0.5) is 0 Å². The van der Waals surface area contributed by atoms with Crippen molar-refractivity contribution >= 4 is 5.57 Å². The molecule has 0 atom stereocenters. The van der Waals surface area contributed by atoms with Gasteiger partial charge in [-0.15, -0.1) is 0 Å². The van der Waals surface area contributed by atoms with Gasteiger partial charge in [-0.25, -0.2) is 0 Å². The summed E-state index contributed by atoms with van der Waals surface area (Å²) in [5.41, 5.74) is 6.53. The highest BCUT2D eigenvalue weighted by atomic mass is 16.5. The molecule has 1 heterocycles. The summed E-state index contributed by atoms with van der Waals surface area (Å²) in [6.07, 6.45) is 2.15. The predicted molar refractivity (Wildman–Crippen MR) is 68.2 cm³/mol. The molecule has 0 saturated heterocycles. The number of ether oxygens (including phenoxy) is 2. The summed E-state index contributed by atoms with van der Waals surface area (Å²) in [6.45, 7) is 5.55. The van der Waals surface area contributed by atoms with Crippen molar-refractivity contribution < 1.29 is 9.47 Å². The lowest BCUT2D eigenvalue weighted by Gasteiger charge is -2.29. The quantitative estimate of drug-likeness (QED) is 0.735. The molecule has 0 saturated carbocycles. The number of aryl methyl sites for hydroxylation is 1. The third-order valence-electron chi connectivity index (χ3n) is 3.54. The Labute approximate surface area is 102 Å². The highest BCUT2D eigenvalue weighted by Crippen LogP contribution is 2.39. The number of benzene rings is 1. The van der Waals surface area contributed by atoms with E-state index in [1.54, 1.807) is 7.11 Å². The normalized spacial score (nSPS) is 18.8. The van der Waals surface area contributed by atoms with Gasteiger partial charge in [0.1, 0.15) is 5.75 Å². The van der Waals surface area contributed by atoms with E-state index in [0.717, 1.165) is 30.8 Å². The van der Waals surface area contributed by atoms with Crippen LogP contribution in [0.2, 0.25) is 0 Å². The fourth-order valence-electron chi connectivity index (χ4n) is 2.70. The molecule has 2 aliphatic rings. The fourth-order valence-corrected chi connectivity index (χ4v) is 2.70. The maximum atomic E-state index is 5.53. The molecule has 1 aliphatic heterocycles. The Kier molecular flexibility index (Phi) is 2.52. The van der Waals surface area contributed by atoms with Crippen molar-refractivity contribution in [2.75, 3.05) is 20.3 Å². The minimum absolute atomic E-state index is 0.657. The molecule has 0 bridgehead atoms. The van der Waals surface area contributed by atoms with Gasteiger partial charge in [-0.1, -0.05) is 12.6 Å². The summed E-state index contributed by atoms with van der Waals surface area (Å²) in [4.78, 5) is 0. The first-order valence-corrected chi connectivity index (χ1v) is 5.95. The molecule has 1 aliphatic carbocycles. The summed E-state index contributed by atoms with van der Waals surface area (Å²) in [6, 6.07) is 6.32. The first-order chi connectivity index (χ1) is 8.29. The van der Waals surface area contributed by atoms with Crippen molar-refractivity contribution in [1.29, 1.82) is 0 Å². The molecule has 0 aromatic heterocycles. The summed E-state index contributed by atoms with van der Waals surface area (Å²) in [5, 5.41) is 0. The van der Waals surface area contributed by atoms with E-state index in [-0.39, 0.29) is 0 Å². The maximum absolute atomic E-state index is 5.53. The number of rotatable bonds is 1. The van der Waals surface area contributed by atoms with Crippen LogP contribution in [0.5, 0.6) is 5.75 Å². The Balaban J connectivity index is 2.13. The lowest BCUT2D eigenvalue weighted by molar-refractivity contribution is 0.174. The molecule has 17 heavy (non-hydrogen) atoms. The Morgan fingerprint density at radius 1 is 1.24 bits per heavy atom. The standard InChI is InChI=1S/C15H16O2/c1-10-8-17-9-12-4-3-11-7-13(16-2)5-6-14(11)15(10)12/h5-7H,1,3-4,8-9H2,2H3. The van der Waals surface area contributed by atoms with Gasteiger partial charge in [0.05, 0.1) is 20.3 Å². The number of methoxy groups -OCH3 is 1. The lowest BCUT2D eigenvalue weighted by Crippen LogP contribution is -2.17. The molecule has 3 rings (SSSR count). The number of hydrogen-bond acceptors (Lipinski definition) is 2. The molecule has 1 aromatic carbocycles.